The normalized spacial score (nSPS) is 14.9. The van der Waals surface area contributed by atoms with Gasteiger partial charge in [0.05, 0.1) is 0 Å². The number of benzene rings is 2. The molecule has 1 aliphatic rings. The third kappa shape index (κ3) is 3.25. The average Bonchev–Trinajstić information content (AvgIpc) is 3.27. The summed E-state index contributed by atoms with van der Waals surface area (Å²) in [5, 5.41) is 4.94. The van der Waals surface area contributed by atoms with Gasteiger partial charge in [0.15, 0.2) is 0 Å². The summed E-state index contributed by atoms with van der Waals surface area (Å²) in [4.78, 5) is 9.92. The van der Waals surface area contributed by atoms with Crippen LogP contribution >= 0.6 is 0 Å². The Morgan fingerprint density at radius 1 is 1.07 bits per heavy atom. The lowest BCUT2D eigenvalue weighted by Crippen LogP contribution is -2.24. The number of nitrogens with one attached hydrogen (secondary N) is 2. The van der Waals surface area contributed by atoms with E-state index >= 15 is 0 Å². The number of para-hydroxylation sites is 1. The van der Waals surface area contributed by atoms with E-state index in [-0.39, 0.29) is 5.41 Å². The molecular formula is C25H26N4. The number of aromatic amines is 1. The summed E-state index contributed by atoms with van der Waals surface area (Å²) in [6, 6.07) is 19.4. The lowest BCUT2D eigenvalue weighted by molar-refractivity contribution is 0.569. The Balaban J connectivity index is 1.34. The van der Waals surface area contributed by atoms with E-state index in [0.717, 1.165) is 19.5 Å². The summed E-state index contributed by atoms with van der Waals surface area (Å²) in [6.07, 6.45) is 6.85. The van der Waals surface area contributed by atoms with E-state index in [0.29, 0.717) is 0 Å². The van der Waals surface area contributed by atoms with E-state index < -0.39 is 0 Å². The van der Waals surface area contributed by atoms with Crippen LogP contribution in [0.15, 0.2) is 73.2 Å². The second-order valence-electron chi connectivity index (χ2n) is 8.44. The molecule has 2 N–H and O–H groups in total. The predicted octanol–water partition coefficient (Wildman–Crippen LogP) is 5.65. The van der Waals surface area contributed by atoms with Gasteiger partial charge in [-0.1, -0.05) is 32.0 Å². The summed E-state index contributed by atoms with van der Waals surface area (Å²) < 4.78 is 0. The van der Waals surface area contributed by atoms with Gasteiger partial charge in [-0.05, 0) is 53.9 Å². The number of fused-ring (bicyclic) bond motifs is 2. The number of rotatable bonds is 5. The fraction of sp³-hybridized carbons (Fsp3) is 0.240. The first-order valence-electron chi connectivity index (χ1n) is 10.2. The van der Waals surface area contributed by atoms with E-state index in [4.69, 9.17) is 0 Å². The fourth-order valence-corrected chi connectivity index (χ4v) is 4.42. The molecule has 0 aliphatic carbocycles. The van der Waals surface area contributed by atoms with Crippen LogP contribution in [-0.2, 0) is 11.8 Å². The van der Waals surface area contributed by atoms with Gasteiger partial charge in [0.25, 0.3) is 0 Å². The van der Waals surface area contributed by atoms with Crippen LogP contribution in [0, 0.1) is 0 Å². The maximum Gasteiger partial charge on any atom is 0.0456 e. The van der Waals surface area contributed by atoms with Gasteiger partial charge in [0.2, 0.25) is 0 Å². The van der Waals surface area contributed by atoms with Gasteiger partial charge in [-0.3, -0.25) is 4.98 Å². The molecule has 0 fully saturated rings. The second kappa shape index (κ2) is 6.96. The van der Waals surface area contributed by atoms with Crippen LogP contribution in [0.3, 0.4) is 0 Å². The van der Waals surface area contributed by atoms with E-state index in [1.54, 1.807) is 0 Å². The molecule has 0 saturated heterocycles. The molecule has 0 amide bonds. The van der Waals surface area contributed by atoms with Gasteiger partial charge < -0.3 is 15.2 Å². The Morgan fingerprint density at radius 3 is 2.76 bits per heavy atom. The van der Waals surface area contributed by atoms with Crippen molar-refractivity contribution in [2.24, 2.45) is 0 Å². The zero-order chi connectivity index (χ0) is 19.8. The third-order valence-corrected chi connectivity index (χ3v) is 5.94. The van der Waals surface area contributed by atoms with Gasteiger partial charge in [-0.25, -0.2) is 0 Å². The van der Waals surface area contributed by atoms with Crippen molar-refractivity contribution in [3.63, 3.8) is 0 Å². The largest absolute Gasteiger partial charge is 0.385 e. The zero-order valence-electron chi connectivity index (χ0n) is 16.9. The van der Waals surface area contributed by atoms with Gasteiger partial charge >= 0.3 is 0 Å². The Labute approximate surface area is 171 Å². The molecular weight excluding hydrogens is 356 g/mol. The number of nitrogens with zero attached hydrogens (tertiary/aromatic N) is 2. The Bertz CT molecular complexity index is 1140. The molecule has 5 rings (SSSR count). The van der Waals surface area contributed by atoms with E-state index in [1.165, 1.54) is 39.1 Å². The number of pyridine rings is 1. The lowest BCUT2D eigenvalue weighted by atomic mass is 9.87. The smallest absolute Gasteiger partial charge is 0.0456 e. The SMILES string of the molecule is CC1(C)CN(c2ccncc2)c2ccc(NCCc3c[nH]c4ccccc34)cc21. The first-order valence-corrected chi connectivity index (χ1v) is 10.2. The van der Waals surface area contributed by atoms with Gasteiger partial charge in [-0.2, -0.15) is 0 Å². The van der Waals surface area contributed by atoms with Crippen molar-refractivity contribution in [3.8, 4) is 0 Å². The van der Waals surface area contributed by atoms with Crippen LogP contribution < -0.4 is 10.2 Å². The minimum atomic E-state index is 0.104. The molecule has 0 unspecified atom stereocenters. The van der Waals surface area contributed by atoms with Crippen LogP contribution in [0.5, 0.6) is 0 Å². The van der Waals surface area contributed by atoms with Crippen LogP contribution in [0.25, 0.3) is 10.9 Å². The standard InChI is InChI=1S/C25H26N4/c1-25(2)17-29(20-10-12-26-13-11-20)24-8-7-19(15-22(24)25)27-14-9-18-16-28-23-6-4-3-5-21(18)23/h3-8,10-13,15-16,27-28H,9,14,17H2,1-2H3. The van der Waals surface area contributed by atoms with Crippen LogP contribution in [0.2, 0.25) is 0 Å². The number of hydrogen-bond donors (Lipinski definition) is 2. The summed E-state index contributed by atoms with van der Waals surface area (Å²) in [5.41, 5.74) is 7.75. The highest BCUT2D eigenvalue weighted by atomic mass is 15.2. The fourth-order valence-electron chi connectivity index (χ4n) is 4.42. The number of anilines is 3. The number of hydrogen-bond acceptors (Lipinski definition) is 3. The van der Waals surface area contributed by atoms with Gasteiger partial charge in [-0.15, -0.1) is 0 Å². The molecule has 0 atom stereocenters. The summed E-state index contributed by atoms with van der Waals surface area (Å²) in [7, 11) is 0. The molecule has 0 spiro atoms. The number of aromatic nitrogens is 2. The molecule has 4 aromatic rings. The van der Waals surface area contributed by atoms with Crippen molar-refractivity contribution in [2.75, 3.05) is 23.3 Å². The van der Waals surface area contributed by atoms with Crippen molar-refractivity contribution in [3.05, 3.63) is 84.3 Å². The molecule has 3 heterocycles. The Hall–Kier alpha value is -3.27. The summed E-state index contributed by atoms with van der Waals surface area (Å²) >= 11 is 0. The highest BCUT2D eigenvalue weighted by molar-refractivity contribution is 5.83. The van der Waals surface area contributed by atoms with Gasteiger partial charge in [0.1, 0.15) is 0 Å². The molecule has 29 heavy (non-hydrogen) atoms. The Morgan fingerprint density at radius 2 is 1.90 bits per heavy atom. The summed E-state index contributed by atoms with van der Waals surface area (Å²) in [6.45, 7) is 6.53. The summed E-state index contributed by atoms with van der Waals surface area (Å²) in [5.74, 6) is 0. The monoisotopic (exact) mass is 382 g/mol. The molecule has 146 valence electrons. The molecule has 2 aromatic heterocycles. The quantitative estimate of drug-likeness (QED) is 0.469. The van der Waals surface area contributed by atoms with Crippen molar-refractivity contribution in [1.82, 2.24) is 9.97 Å². The minimum absolute atomic E-state index is 0.104. The maximum atomic E-state index is 4.16. The molecule has 0 saturated carbocycles. The second-order valence-corrected chi connectivity index (χ2v) is 8.44. The molecule has 0 radical (unpaired) electrons. The molecule has 0 bridgehead atoms. The first-order chi connectivity index (χ1) is 14.1. The van der Waals surface area contributed by atoms with Crippen LogP contribution in [0.1, 0.15) is 25.0 Å². The molecule has 1 aliphatic heterocycles. The highest BCUT2D eigenvalue weighted by Gasteiger charge is 2.35. The topological polar surface area (TPSA) is 44.0 Å². The minimum Gasteiger partial charge on any atom is -0.385 e. The van der Waals surface area contributed by atoms with Crippen molar-refractivity contribution < 1.29 is 0 Å². The van der Waals surface area contributed by atoms with E-state index in [9.17, 15) is 0 Å². The zero-order valence-corrected chi connectivity index (χ0v) is 16.9. The van der Waals surface area contributed by atoms with Gasteiger partial charge in [0, 0.05) is 65.1 Å². The molecule has 4 heteroatoms. The van der Waals surface area contributed by atoms with Crippen molar-refractivity contribution in [2.45, 2.75) is 25.7 Å². The number of H-pyrrole nitrogens is 1. The Kier molecular flexibility index (Phi) is 4.27. The molecule has 4 nitrogen and oxygen atoms in total. The van der Waals surface area contributed by atoms with E-state index in [1.807, 2.05) is 12.4 Å². The maximum absolute atomic E-state index is 4.16. The predicted molar refractivity (Wildman–Crippen MR) is 121 cm³/mol. The van der Waals surface area contributed by atoms with E-state index in [2.05, 4.69) is 94.8 Å². The lowest BCUT2D eigenvalue weighted by Gasteiger charge is -2.22. The van der Waals surface area contributed by atoms with Crippen molar-refractivity contribution in [1.29, 1.82) is 0 Å². The highest BCUT2D eigenvalue weighted by Crippen LogP contribution is 2.45. The third-order valence-electron chi connectivity index (χ3n) is 5.94. The molecule has 2 aromatic carbocycles. The average molecular weight is 383 g/mol. The van der Waals surface area contributed by atoms with Crippen LogP contribution in [0.4, 0.5) is 17.1 Å². The van der Waals surface area contributed by atoms with Crippen LogP contribution in [-0.4, -0.2) is 23.1 Å². The van der Waals surface area contributed by atoms with Crippen molar-refractivity contribution >= 4 is 28.0 Å². The first kappa shape index (κ1) is 17.8.